The Hall–Kier alpha value is -0.340. The predicted molar refractivity (Wildman–Crippen MR) is 48.7 cm³/mol. The van der Waals surface area contributed by atoms with Crippen LogP contribution in [0, 0.1) is 0 Å². The minimum atomic E-state index is -0.346. The lowest BCUT2D eigenvalue weighted by atomic mass is 10.0. The van der Waals surface area contributed by atoms with Crippen molar-refractivity contribution in [3.8, 4) is 0 Å². The minimum Gasteiger partial charge on any atom is -0.375 e. The van der Waals surface area contributed by atoms with E-state index in [-0.39, 0.29) is 11.8 Å². The molecule has 1 N–H and O–H groups in total. The summed E-state index contributed by atoms with van der Waals surface area (Å²) in [6.07, 6.45) is 7.21. The van der Waals surface area contributed by atoms with Gasteiger partial charge >= 0.3 is 0 Å². The molecule has 2 heterocycles. The van der Waals surface area contributed by atoms with Crippen LogP contribution in [0.4, 0.5) is 0 Å². The van der Waals surface area contributed by atoms with Crippen LogP contribution in [-0.2, 0) is 0 Å². The molecule has 0 aromatic rings. The summed E-state index contributed by atoms with van der Waals surface area (Å²) in [5.74, 6) is 0. The number of rotatable bonds is 0. The molecule has 0 bridgehead atoms. The monoisotopic (exact) mass is 167 g/mol. The summed E-state index contributed by atoms with van der Waals surface area (Å²) in [6.45, 7) is 4.44. The molecule has 1 saturated heterocycles. The second-order valence-electron chi connectivity index (χ2n) is 4.49. The summed E-state index contributed by atoms with van der Waals surface area (Å²) in [6, 6.07) is 0.583. The van der Waals surface area contributed by atoms with Crippen molar-refractivity contribution in [1.82, 2.24) is 4.90 Å². The van der Waals surface area contributed by atoms with E-state index in [1.54, 1.807) is 0 Å². The molecular weight excluding hydrogens is 150 g/mol. The first-order valence-electron chi connectivity index (χ1n) is 4.74. The highest BCUT2D eigenvalue weighted by molar-refractivity contribution is 5.07. The third-order valence-electron chi connectivity index (χ3n) is 3.18. The largest absolute Gasteiger partial charge is 0.375 e. The molecule has 0 radical (unpaired) electrons. The zero-order valence-electron chi connectivity index (χ0n) is 7.83. The Morgan fingerprint density at radius 3 is 2.92 bits per heavy atom. The van der Waals surface area contributed by atoms with Crippen LogP contribution in [0.1, 0.15) is 33.1 Å². The Labute approximate surface area is 73.9 Å². The molecule has 0 aromatic carbocycles. The van der Waals surface area contributed by atoms with Crippen LogP contribution in [0.25, 0.3) is 0 Å². The first-order valence-corrected chi connectivity index (χ1v) is 4.74. The highest BCUT2D eigenvalue weighted by Gasteiger charge is 2.42. The molecule has 2 atom stereocenters. The van der Waals surface area contributed by atoms with E-state index in [1.807, 2.05) is 6.08 Å². The van der Waals surface area contributed by atoms with E-state index in [0.717, 1.165) is 6.42 Å². The van der Waals surface area contributed by atoms with Crippen molar-refractivity contribution in [1.29, 1.82) is 0 Å². The third-order valence-corrected chi connectivity index (χ3v) is 3.18. The first-order chi connectivity index (χ1) is 5.61. The average Bonchev–Trinajstić information content (AvgIpc) is 2.29. The molecule has 12 heavy (non-hydrogen) atoms. The third kappa shape index (κ3) is 1.10. The second-order valence-corrected chi connectivity index (χ2v) is 4.49. The van der Waals surface area contributed by atoms with Crippen molar-refractivity contribution in [3.63, 3.8) is 0 Å². The molecule has 2 aliphatic heterocycles. The summed E-state index contributed by atoms with van der Waals surface area (Å²) in [7, 11) is 0. The molecule has 1 fully saturated rings. The van der Waals surface area contributed by atoms with E-state index in [9.17, 15) is 5.11 Å². The Kier molecular flexibility index (Phi) is 1.77. The first kappa shape index (κ1) is 8.27. The summed E-state index contributed by atoms with van der Waals surface area (Å²) < 4.78 is 0. The fourth-order valence-corrected chi connectivity index (χ4v) is 2.54. The molecule has 0 aliphatic carbocycles. The van der Waals surface area contributed by atoms with Gasteiger partial charge in [-0.2, -0.15) is 0 Å². The van der Waals surface area contributed by atoms with Gasteiger partial charge in [-0.1, -0.05) is 6.08 Å². The maximum atomic E-state index is 9.75. The molecule has 2 nitrogen and oxygen atoms in total. The average molecular weight is 167 g/mol. The van der Waals surface area contributed by atoms with Crippen LogP contribution in [0.2, 0.25) is 0 Å². The van der Waals surface area contributed by atoms with E-state index in [0.29, 0.717) is 6.04 Å². The predicted octanol–water partition coefficient (Wildman–Crippen LogP) is 1.51. The summed E-state index contributed by atoms with van der Waals surface area (Å²) in [5, 5.41) is 9.75. The molecule has 0 spiro atoms. The zero-order valence-corrected chi connectivity index (χ0v) is 7.83. The number of aliphatic hydroxyl groups is 1. The van der Waals surface area contributed by atoms with Crippen molar-refractivity contribution < 1.29 is 5.11 Å². The fourth-order valence-electron chi connectivity index (χ4n) is 2.54. The van der Waals surface area contributed by atoms with Gasteiger partial charge in [0.25, 0.3) is 0 Å². The Bertz CT molecular complexity index is 210. The van der Waals surface area contributed by atoms with E-state index >= 15 is 0 Å². The zero-order chi connectivity index (χ0) is 8.77. The number of aliphatic hydroxyl groups excluding tert-OH is 1. The topological polar surface area (TPSA) is 23.5 Å². The van der Waals surface area contributed by atoms with E-state index in [1.165, 1.54) is 12.8 Å². The van der Waals surface area contributed by atoms with Gasteiger partial charge in [0.2, 0.25) is 0 Å². The molecular formula is C10H17NO. The molecule has 0 saturated carbocycles. The number of nitrogens with zero attached hydrogens (tertiary/aromatic N) is 1. The van der Waals surface area contributed by atoms with E-state index in [2.05, 4.69) is 24.8 Å². The standard InChI is InChI=1S/C10H17NO/c1-10(2)7-6-8-4-3-5-9(12)11(8)10/h3,5,8-9,12H,4,6-7H2,1-2H3. The van der Waals surface area contributed by atoms with Gasteiger partial charge < -0.3 is 5.11 Å². The molecule has 2 heteroatoms. The lowest BCUT2D eigenvalue weighted by molar-refractivity contribution is -0.0316. The van der Waals surface area contributed by atoms with Gasteiger partial charge in [-0.25, -0.2) is 0 Å². The molecule has 68 valence electrons. The van der Waals surface area contributed by atoms with Crippen molar-refractivity contribution >= 4 is 0 Å². The highest BCUT2D eigenvalue weighted by Crippen LogP contribution is 2.38. The van der Waals surface area contributed by atoms with Gasteiger partial charge in [0.15, 0.2) is 0 Å². The fraction of sp³-hybridized carbons (Fsp3) is 0.800. The minimum absolute atomic E-state index is 0.189. The molecule has 2 rings (SSSR count). The molecule has 2 aliphatic rings. The van der Waals surface area contributed by atoms with E-state index in [4.69, 9.17) is 0 Å². The van der Waals surface area contributed by atoms with Crippen molar-refractivity contribution in [2.24, 2.45) is 0 Å². The van der Waals surface area contributed by atoms with Gasteiger partial charge in [-0.05, 0) is 39.2 Å². The van der Waals surface area contributed by atoms with Crippen molar-refractivity contribution in [2.75, 3.05) is 0 Å². The smallest absolute Gasteiger partial charge is 0.127 e. The number of hydrogen-bond acceptors (Lipinski definition) is 2. The summed E-state index contributed by atoms with van der Waals surface area (Å²) in [4.78, 5) is 2.24. The highest BCUT2D eigenvalue weighted by atomic mass is 16.3. The summed E-state index contributed by atoms with van der Waals surface area (Å²) >= 11 is 0. The maximum Gasteiger partial charge on any atom is 0.127 e. The Morgan fingerprint density at radius 1 is 1.50 bits per heavy atom. The Balaban J connectivity index is 2.25. The molecule has 0 aromatic heterocycles. The number of hydrogen-bond donors (Lipinski definition) is 1. The van der Waals surface area contributed by atoms with Gasteiger partial charge in [-0.3, -0.25) is 4.90 Å². The van der Waals surface area contributed by atoms with Crippen LogP contribution in [0.5, 0.6) is 0 Å². The van der Waals surface area contributed by atoms with Crippen molar-refractivity contribution in [2.45, 2.75) is 50.9 Å². The van der Waals surface area contributed by atoms with Crippen LogP contribution >= 0.6 is 0 Å². The van der Waals surface area contributed by atoms with Crippen LogP contribution in [0.3, 0.4) is 0 Å². The SMILES string of the molecule is CC1(C)CCC2CC=CC(O)N21. The maximum absolute atomic E-state index is 9.75. The molecule has 2 unspecified atom stereocenters. The normalized spacial score (nSPS) is 39.9. The van der Waals surface area contributed by atoms with Crippen LogP contribution in [-0.4, -0.2) is 27.8 Å². The number of fused-ring (bicyclic) bond motifs is 1. The molecule has 0 amide bonds. The quantitative estimate of drug-likeness (QED) is 0.553. The van der Waals surface area contributed by atoms with Gasteiger partial charge in [0.05, 0.1) is 0 Å². The lowest BCUT2D eigenvalue weighted by Gasteiger charge is -2.40. The van der Waals surface area contributed by atoms with Crippen LogP contribution in [0.15, 0.2) is 12.2 Å². The lowest BCUT2D eigenvalue weighted by Crippen LogP contribution is -2.50. The van der Waals surface area contributed by atoms with Gasteiger partial charge in [0.1, 0.15) is 6.23 Å². The van der Waals surface area contributed by atoms with Crippen LogP contribution < -0.4 is 0 Å². The Morgan fingerprint density at radius 2 is 2.25 bits per heavy atom. The van der Waals surface area contributed by atoms with Gasteiger partial charge in [0, 0.05) is 11.6 Å². The van der Waals surface area contributed by atoms with E-state index < -0.39 is 0 Å². The van der Waals surface area contributed by atoms with Gasteiger partial charge in [-0.15, -0.1) is 0 Å². The summed E-state index contributed by atoms with van der Waals surface area (Å²) in [5.41, 5.74) is 0.189. The van der Waals surface area contributed by atoms with Crippen molar-refractivity contribution in [3.05, 3.63) is 12.2 Å². The second kappa shape index (κ2) is 2.57.